The first kappa shape index (κ1) is 12.1. The van der Waals surface area contributed by atoms with Gasteiger partial charge in [0.05, 0.1) is 22.7 Å². The van der Waals surface area contributed by atoms with Crippen LogP contribution in [0.2, 0.25) is 0 Å². The van der Waals surface area contributed by atoms with Crippen LogP contribution in [0.5, 0.6) is 5.75 Å². The van der Waals surface area contributed by atoms with Crippen molar-refractivity contribution < 1.29 is 14.6 Å². The molecule has 3 rings (SSSR count). The van der Waals surface area contributed by atoms with Gasteiger partial charge in [0.1, 0.15) is 5.75 Å². The molecule has 0 saturated carbocycles. The van der Waals surface area contributed by atoms with Crippen molar-refractivity contribution in [3.05, 3.63) is 12.1 Å². The van der Waals surface area contributed by atoms with Crippen LogP contribution in [-0.2, 0) is 4.79 Å². The summed E-state index contributed by atoms with van der Waals surface area (Å²) in [5.41, 5.74) is 7.38. The van der Waals surface area contributed by atoms with Crippen LogP contribution in [0.4, 0.5) is 17.1 Å². The molecule has 0 bridgehead atoms. The SMILES string of the molecule is CC1(O)CCN(c2cc3c(cc2N)OCC(=O)N3)C1. The zero-order chi connectivity index (χ0) is 13.6. The molecule has 0 spiro atoms. The second-order valence-corrected chi connectivity index (χ2v) is 5.41. The number of hydrogen-bond donors (Lipinski definition) is 3. The van der Waals surface area contributed by atoms with E-state index in [-0.39, 0.29) is 12.5 Å². The lowest BCUT2D eigenvalue weighted by Crippen LogP contribution is -2.30. The van der Waals surface area contributed by atoms with Crippen molar-refractivity contribution in [1.82, 2.24) is 0 Å². The number of nitrogens with zero attached hydrogens (tertiary/aromatic N) is 1. The molecule has 1 amide bonds. The van der Waals surface area contributed by atoms with E-state index in [1.165, 1.54) is 0 Å². The number of carbonyl (C=O) groups is 1. The molecule has 1 fully saturated rings. The van der Waals surface area contributed by atoms with Gasteiger partial charge in [-0.05, 0) is 19.4 Å². The van der Waals surface area contributed by atoms with E-state index in [9.17, 15) is 9.90 Å². The number of rotatable bonds is 1. The topological polar surface area (TPSA) is 87.8 Å². The number of amides is 1. The van der Waals surface area contributed by atoms with Crippen LogP contribution in [0.15, 0.2) is 12.1 Å². The number of aliphatic hydroxyl groups is 1. The maximum atomic E-state index is 11.3. The summed E-state index contributed by atoms with van der Waals surface area (Å²) in [4.78, 5) is 13.3. The fourth-order valence-electron chi connectivity index (χ4n) is 2.56. The molecular formula is C13H17N3O3. The zero-order valence-electron chi connectivity index (χ0n) is 10.8. The first-order chi connectivity index (χ1) is 8.94. The lowest BCUT2D eigenvalue weighted by molar-refractivity contribution is -0.118. The number of hydrogen-bond acceptors (Lipinski definition) is 5. The van der Waals surface area contributed by atoms with Gasteiger partial charge in [-0.15, -0.1) is 0 Å². The molecule has 1 saturated heterocycles. The normalized spacial score (nSPS) is 25.8. The number of nitrogen functional groups attached to an aromatic ring is 1. The second-order valence-electron chi connectivity index (χ2n) is 5.41. The number of anilines is 3. The van der Waals surface area contributed by atoms with Crippen molar-refractivity contribution in [2.75, 3.05) is 35.6 Å². The van der Waals surface area contributed by atoms with E-state index in [0.717, 1.165) is 12.2 Å². The van der Waals surface area contributed by atoms with Crippen LogP contribution >= 0.6 is 0 Å². The Morgan fingerprint density at radius 1 is 1.53 bits per heavy atom. The third kappa shape index (κ3) is 2.19. The minimum absolute atomic E-state index is 0.0181. The van der Waals surface area contributed by atoms with Crippen molar-refractivity contribution in [2.24, 2.45) is 0 Å². The Morgan fingerprint density at radius 3 is 3.00 bits per heavy atom. The van der Waals surface area contributed by atoms with E-state index in [0.29, 0.717) is 30.1 Å². The van der Waals surface area contributed by atoms with Crippen molar-refractivity contribution in [1.29, 1.82) is 0 Å². The predicted octanol–water partition coefficient (Wildman–Crippen LogP) is 0.561. The molecule has 1 aromatic carbocycles. The smallest absolute Gasteiger partial charge is 0.262 e. The molecule has 4 N–H and O–H groups in total. The molecule has 0 radical (unpaired) electrons. The molecule has 1 aromatic rings. The van der Waals surface area contributed by atoms with Crippen LogP contribution in [0.1, 0.15) is 13.3 Å². The maximum absolute atomic E-state index is 11.3. The summed E-state index contributed by atoms with van der Waals surface area (Å²) >= 11 is 0. The van der Waals surface area contributed by atoms with Gasteiger partial charge < -0.3 is 25.8 Å². The number of benzene rings is 1. The minimum Gasteiger partial charge on any atom is -0.482 e. The fraction of sp³-hybridized carbons (Fsp3) is 0.462. The van der Waals surface area contributed by atoms with Gasteiger partial charge >= 0.3 is 0 Å². The summed E-state index contributed by atoms with van der Waals surface area (Å²) in [6, 6.07) is 3.53. The van der Waals surface area contributed by atoms with Crippen LogP contribution in [0, 0.1) is 0 Å². The molecule has 0 aromatic heterocycles. The van der Waals surface area contributed by atoms with Crippen LogP contribution in [-0.4, -0.2) is 36.3 Å². The molecule has 6 nitrogen and oxygen atoms in total. The molecule has 6 heteroatoms. The van der Waals surface area contributed by atoms with Crippen LogP contribution < -0.4 is 20.7 Å². The lowest BCUT2D eigenvalue weighted by Gasteiger charge is -2.25. The minimum atomic E-state index is -0.692. The van der Waals surface area contributed by atoms with E-state index in [4.69, 9.17) is 10.5 Å². The molecule has 0 aliphatic carbocycles. The molecule has 2 heterocycles. The first-order valence-electron chi connectivity index (χ1n) is 6.28. The lowest BCUT2D eigenvalue weighted by atomic mass is 10.1. The van der Waals surface area contributed by atoms with Crippen molar-refractivity contribution in [3.63, 3.8) is 0 Å². The quantitative estimate of drug-likeness (QED) is 0.644. The summed E-state index contributed by atoms with van der Waals surface area (Å²) in [6.07, 6.45) is 0.701. The van der Waals surface area contributed by atoms with Gasteiger partial charge in [-0.2, -0.15) is 0 Å². The fourth-order valence-corrected chi connectivity index (χ4v) is 2.56. The number of nitrogens with two attached hydrogens (primary N) is 1. The first-order valence-corrected chi connectivity index (χ1v) is 6.28. The average molecular weight is 263 g/mol. The summed E-state index contributed by atoms with van der Waals surface area (Å²) < 4.78 is 5.32. The number of nitrogens with one attached hydrogen (secondary N) is 1. The van der Waals surface area contributed by atoms with Crippen molar-refractivity contribution in [2.45, 2.75) is 18.9 Å². The van der Waals surface area contributed by atoms with E-state index in [1.807, 2.05) is 17.9 Å². The van der Waals surface area contributed by atoms with Gasteiger partial charge in [0, 0.05) is 19.2 Å². The van der Waals surface area contributed by atoms with Gasteiger partial charge in [-0.3, -0.25) is 4.79 Å². The second kappa shape index (κ2) is 4.03. The third-order valence-corrected chi connectivity index (χ3v) is 3.55. The van der Waals surface area contributed by atoms with Gasteiger partial charge in [0.15, 0.2) is 6.61 Å². The Balaban J connectivity index is 1.94. The Hall–Kier alpha value is -1.95. The zero-order valence-corrected chi connectivity index (χ0v) is 10.8. The molecule has 1 atom stereocenters. The highest BCUT2D eigenvalue weighted by Gasteiger charge is 2.32. The molecule has 2 aliphatic rings. The van der Waals surface area contributed by atoms with Gasteiger partial charge in [0.25, 0.3) is 5.91 Å². The highest BCUT2D eigenvalue weighted by atomic mass is 16.5. The van der Waals surface area contributed by atoms with E-state index < -0.39 is 5.60 Å². The Kier molecular flexibility index (Phi) is 2.56. The van der Waals surface area contributed by atoms with Gasteiger partial charge in [-0.25, -0.2) is 0 Å². The Bertz CT molecular complexity index is 542. The monoisotopic (exact) mass is 263 g/mol. The Morgan fingerprint density at radius 2 is 2.32 bits per heavy atom. The van der Waals surface area contributed by atoms with Gasteiger partial charge in [-0.1, -0.05) is 0 Å². The van der Waals surface area contributed by atoms with Crippen LogP contribution in [0.25, 0.3) is 0 Å². The number of fused-ring (bicyclic) bond motifs is 1. The molecule has 19 heavy (non-hydrogen) atoms. The molecule has 102 valence electrons. The van der Waals surface area contributed by atoms with Gasteiger partial charge in [0.2, 0.25) is 0 Å². The standard InChI is InChI=1S/C13H17N3O3/c1-13(18)2-3-16(7-13)10-5-9-11(4-8(10)14)19-6-12(17)15-9/h4-5,18H,2-3,6-7,14H2,1H3,(H,15,17). The predicted molar refractivity (Wildman–Crippen MR) is 72.4 cm³/mol. The number of ether oxygens (including phenoxy) is 1. The number of β-amino-alcohol motifs (C(OH)–C–C–N with tert-alkyl or cyclic N) is 1. The summed E-state index contributed by atoms with van der Waals surface area (Å²) in [5, 5.41) is 12.8. The van der Waals surface area contributed by atoms with E-state index in [2.05, 4.69) is 5.32 Å². The molecule has 2 aliphatic heterocycles. The third-order valence-electron chi connectivity index (χ3n) is 3.55. The number of carbonyl (C=O) groups excluding carboxylic acids is 1. The summed E-state index contributed by atoms with van der Waals surface area (Å²) in [5.74, 6) is 0.420. The van der Waals surface area contributed by atoms with Crippen molar-refractivity contribution >= 4 is 23.0 Å². The van der Waals surface area contributed by atoms with E-state index in [1.54, 1.807) is 6.07 Å². The van der Waals surface area contributed by atoms with Crippen molar-refractivity contribution in [3.8, 4) is 5.75 Å². The van der Waals surface area contributed by atoms with Crippen LogP contribution in [0.3, 0.4) is 0 Å². The highest BCUT2D eigenvalue weighted by Crippen LogP contribution is 2.39. The average Bonchev–Trinajstić information content (AvgIpc) is 2.69. The van der Waals surface area contributed by atoms with E-state index >= 15 is 0 Å². The Labute approximate surface area is 111 Å². The maximum Gasteiger partial charge on any atom is 0.262 e. The summed E-state index contributed by atoms with van der Waals surface area (Å²) in [7, 11) is 0. The molecular weight excluding hydrogens is 246 g/mol. The highest BCUT2D eigenvalue weighted by molar-refractivity contribution is 5.97. The summed E-state index contributed by atoms with van der Waals surface area (Å²) in [6.45, 7) is 3.10. The molecule has 1 unspecified atom stereocenters. The largest absolute Gasteiger partial charge is 0.482 e.